The van der Waals surface area contributed by atoms with E-state index in [0.29, 0.717) is 11.5 Å². The van der Waals surface area contributed by atoms with Crippen LogP contribution in [0.25, 0.3) is 11.3 Å². The van der Waals surface area contributed by atoms with E-state index in [0.717, 1.165) is 11.3 Å². The van der Waals surface area contributed by atoms with Crippen LogP contribution in [0.3, 0.4) is 0 Å². The Bertz CT molecular complexity index is 552. The first-order chi connectivity index (χ1) is 8.69. The van der Waals surface area contributed by atoms with Crippen LogP contribution in [0.15, 0.2) is 36.5 Å². The van der Waals surface area contributed by atoms with Gasteiger partial charge in [0, 0.05) is 11.8 Å². The lowest BCUT2D eigenvalue weighted by Crippen LogP contribution is -2.05. The zero-order chi connectivity index (χ0) is 13.0. The van der Waals surface area contributed by atoms with Gasteiger partial charge in [-0.05, 0) is 30.3 Å². The van der Waals surface area contributed by atoms with E-state index in [2.05, 4.69) is 9.97 Å². The molecular formula is C13H12N2O3. The molecule has 0 atom stereocenters. The van der Waals surface area contributed by atoms with E-state index >= 15 is 0 Å². The molecule has 2 aromatic rings. The third-order valence-corrected chi connectivity index (χ3v) is 2.40. The second kappa shape index (κ2) is 5.27. The number of carboxylic acid groups (broad SMARTS) is 1. The maximum atomic E-state index is 10.6. The monoisotopic (exact) mass is 244 g/mol. The van der Waals surface area contributed by atoms with Gasteiger partial charge in [-0.3, -0.25) is 4.79 Å². The van der Waals surface area contributed by atoms with Crippen molar-refractivity contribution in [2.24, 2.45) is 0 Å². The van der Waals surface area contributed by atoms with Gasteiger partial charge in [-0.15, -0.1) is 0 Å². The summed E-state index contributed by atoms with van der Waals surface area (Å²) >= 11 is 0. The third kappa shape index (κ3) is 2.82. The molecule has 0 unspecified atom stereocenters. The average molecular weight is 244 g/mol. The van der Waals surface area contributed by atoms with E-state index in [1.807, 2.05) is 24.3 Å². The summed E-state index contributed by atoms with van der Waals surface area (Å²) in [5.74, 6) is 0.122. The normalized spacial score (nSPS) is 10.1. The fourth-order valence-corrected chi connectivity index (χ4v) is 1.54. The molecule has 1 aromatic heterocycles. The van der Waals surface area contributed by atoms with Crippen molar-refractivity contribution in [3.8, 4) is 17.0 Å². The van der Waals surface area contributed by atoms with Crippen molar-refractivity contribution in [1.29, 1.82) is 0 Å². The third-order valence-electron chi connectivity index (χ3n) is 2.40. The molecule has 0 amide bonds. The van der Waals surface area contributed by atoms with Gasteiger partial charge in [0.1, 0.15) is 18.0 Å². The molecule has 1 aromatic carbocycles. The van der Waals surface area contributed by atoms with Crippen molar-refractivity contribution in [2.75, 3.05) is 7.11 Å². The van der Waals surface area contributed by atoms with Gasteiger partial charge in [-0.2, -0.15) is 0 Å². The molecule has 0 saturated heterocycles. The maximum absolute atomic E-state index is 10.6. The van der Waals surface area contributed by atoms with E-state index < -0.39 is 5.97 Å². The van der Waals surface area contributed by atoms with Gasteiger partial charge in [0.2, 0.25) is 0 Å². The van der Waals surface area contributed by atoms with E-state index in [1.54, 1.807) is 19.4 Å². The second-order valence-electron chi connectivity index (χ2n) is 3.66. The highest BCUT2D eigenvalue weighted by molar-refractivity contribution is 5.69. The van der Waals surface area contributed by atoms with Crippen LogP contribution in [-0.2, 0) is 11.2 Å². The number of nitrogens with zero attached hydrogens (tertiary/aromatic N) is 2. The van der Waals surface area contributed by atoms with Crippen LogP contribution in [0.1, 0.15) is 5.82 Å². The van der Waals surface area contributed by atoms with Crippen molar-refractivity contribution < 1.29 is 14.6 Å². The van der Waals surface area contributed by atoms with Crippen molar-refractivity contribution in [3.05, 3.63) is 42.4 Å². The van der Waals surface area contributed by atoms with Crippen LogP contribution in [0, 0.1) is 0 Å². The first-order valence-electron chi connectivity index (χ1n) is 5.37. The number of aliphatic carboxylic acids is 1. The lowest BCUT2D eigenvalue weighted by Gasteiger charge is -2.04. The Morgan fingerprint density at radius 1 is 1.28 bits per heavy atom. The largest absolute Gasteiger partial charge is 0.497 e. The van der Waals surface area contributed by atoms with Gasteiger partial charge >= 0.3 is 5.97 Å². The molecule has 0 radical (unpaired) electrons. The number of carboxylic acids is 1. The fourth-order valence-electron chi connectivity index (χ4n) is 1.54. The minimum absolute atomic E-state index is 0.177. The van der Waals surface area contributed by atoms with E-state index in [-0.39, 0.29) is 6.42 Å². The number of benzene rings is 1. The summed E-state index contributed by atoms with van der Waals surface area (Å²) in [7, 11) is 1.60. The van der Waals surface area contributed by atoms with Crippen LogP contribution in [-0.4, -0.2) is 28.2 Å². The van der Waals surface area contributed by atoms with Gasteiger partial charge < -0.3 is 9.84 Å². The summed E-state index contributed by atoms with van der Waals surface area (Å²) in [5.41, 5.74) is 1.59. The quantitative estimate of drug-likeness (QED) is 0.887. The number of hydrogen-bond donors (Lipinski definition) is 1. The molecule has 0 aliphatic heterocycles. The Morgan fingerprint density at radius 2 is 2.00 bits per heavy atom. The zero-order valence-corrected chi connectivity index (χ0v) is 9.83. The van der Waals surface area contributed by atoms with E-state index in [1.165, 1.54) is 0 Å². The molecule has 1 N–H and O–H groups in total. The predicted octanol–water partition coefficient (Wildman–Crippen LogP) is 1.78. The van der Waals surface area contributed by atoms with Gasteiger partial charge in [0.05, 0.1) is 12.8 Å². The van der Waals surface area contributed by atoms with Crippen molar-refractivity contribution >= 4 is 5.97 Å². The molecule has 0 fully saturated rings. The first-order valence-corrected chi connectivity index (χ1v) is 5.37. The van der Waals surface area contributed by atoms with Crippen LogP contribution in [0.4, 0.5) is 0 Å². The summed E-state index contributed by atoms with van der Waals surface area (Å²) in [6.07, 6.45) is 1.38. The van der Waals surface area contributed by atoms with Crippen LogP contribution >= 0.6 is 0 Å². The molecule has 92 valence electrons. The minimum Gasteiger partial charge on any atom is -0.497 e. The molecule has 0 bridgehead atoms. The van der Waals surface area contributed by atoms with E-state index in [9.17, 15) is 4.79 Å². The highest BCUT2D eigenvalue weighted by Gasteiger charge is 2.06. The Balaban J connectivity index is 2.29. The summed E-state index contributed by atoms with van der Waals surface area (Å²) < 4.78 is 5.07. The van der Waals surface area contributed by atoms with Crippen molar-refractivity contribution in [2.45, 2.75) is 6.42 Å². The Hall–Kier alpha value is -2.43. The lowest BCUT2D eigenvalue weighted by atomic mass is 10.1. The van der Waals surface area contributed by atoms with Gasteiger partial charge in [0.15, 0.2) is 0 Å². The SMILES string of the molecule is COc1ccc(-c2ccnc(CC(=O)O)n2)cc1. The smallest absolute Gasteiger partial charge is 0.311 e. The molecule has 0 spiro atoms. The fraction of sp³-hybridized carbons (Fsp3) is 0.154. The molecule has 2 rings (SSSR count). The minimum atomic E-state index is -0.943. The van der Waals surface area contributed by atoms with Crippen molar-refractivity contribution in [3.63, 3.8) is 0 Å². The Morgan fingerprint density at radius 3 is 2.61 bits per heavy atom. The van der Waals surface area contributed by atoms with Crippen LogP contribution in [0.2, 0.25) is 0 Å². The number of hydrogen-bond acceptors (Lipinski definition) is 4. The summed E-state index contributed by atoms with van der Waals surface area (Å²) in [6.45, 7) is 0. The number of methoxy groups -OCH3 is 1. The van der Waals surface area contributed by atoms with Crippen molar-refractivity contribution in [1.82, 2.24) is 9.97 Å². The maximum Gasteiger partial charge on any atom is 0.311 e. The molecule has 5 nitrogen and oxygen atoms in total. The highest BCUT2D eigenvalue weighted by Crippen LogP contribution is 2.20. The summed E-state index contributed by atoms with van der Waals surface area (Å²) in [6, 6.07) is 9.13. The standard InChI is InChI=1S/C13H12N2O3/c1-18-10-4-2-9(3-5-10)11-6-7-14-12(15-11)8-13(16)17/h2-7H,8H2,1H3,(H,16,17). The van der Waals surface area contributed by atoms with Crippen LogP contribution < -0.4 is 4.74 Å². The number of aromatic nitrogens is 2. The Labute approximate surface area is 104 Å². The number of carbonyl (C=O) groups is 1. The second-order valence-corrected chi connectivity index (χ2v) is 3.66. The molecule has 0 aliphatic carbocycles. The zero-order valence-electron chi connectivity index (χ0n) is 9.83. The Kier molecular flexibility index (Phi) is 3.52. The lowest BCUT2D eigenvalue weighted by molar-refractivity contribution is -0.136. The number of ether oxygens (including phenoxy) is 1. The summed E-state index contributed by atoms with van der Waals surface area (Å²) in [4.78, 5) is 18.7. The molecule has 1 heterocycles. The molecule has 18 heavy (non-hydrogen) atoms. The van der Waals surface area contributed by atoms with Gasteiger partial charge in [0.25, 0.3) is 0 Å². The van der Waals surface area contributed by atoms with E-state index in [4.69, 9.17) is 9.84 Å². The molecule has 0 aliphatic rings. The van der Waals surface area contributed by atoms with Gasteiger partial charge in [-0.25, -0.2) is 9.97 Å². The first kappa shape index (κ1) is 12.0. The van der Waals surface area contributed by atoms with Crippen LogP contribution in [0.5, 0.6) is 5.75 Å². The average Bonchev–Trinajstić information content (AvgIpc) is 2.38. The highest BCUT2D eigenvalue weighted by atomic mass is 16.5. The molecular weight excluding hydrogens is 232 g/mol. The molecule has 5 heteroatoms. The predicted molar refractivity (Wildman–Crippen MR) is 65.4 cm³/mol. The topological polar surface area (TPSA) is 72.3 Å². The number of rotatable bonds is 4. The van der Waals surface area contributed by atoms with Gasteiger partial charge in [-0.1, -0.05) is 0 Å². The molecule has 0 saturated carbocycles. The summed E-state index contributed by atoms with van der Waals surface area (Å²) in [5, 5.41) is 8.70.